The summed E-state index contributed by atoms with van der Waals surface area (Å²) in [5.74, 6) is 0. The van der Waals surface area contributed by atoms with E-state index in [4.69, 9.17) is 4.74 Å². The van der Waals surface area contributed by atoms with E-state index in [0.29, 0.717) is 23.4 Å². The maximum atomic E-state index is 10.9. The molecule has 94 valence electrons. The van der Waals surface area contributed by atoms with Crippen LogP contribution in [0.1, 0.15) is 13.8 Å². The topological polar surface area (TPSA) is 64.4 Å². The van der Waals surface area contributed by atoms with Gasteiger partial charge in [0.1, 0.15) is 5.69 Å². The van der Waals surface area contributed by atoms with Crippen molar-refractivity contribution in [1.29, 1.82) is 0 Å². The summed E-state index contributed by atoms with van der Waals surface area (Å²) in [6.07, 6.45) is 0. The summed E-state index contributed by atoms with van der Waals surface area (Å²) in [7, 11) is 0. The van der Waals surface area contributed by atoms with Crippen LogP contribution in [0.25, 0.3) is 0 Å². The van der Waals surface area contributed by atoms with Crippen molar-refractivity contribution in [3.63, 3.8) is 0 Å². The summed E-state index contributed by atoms with van der Waals surface area (Å²) < 4.78 is 5.94. The second kappa shape index (κ2) is 6.56. The standard InChI is InChI=1S/C11H15BrN2O3/c1-3-17-7-8(2)13-10-5-4-9(12)6-11(10)14(15)16/h4-6,8,13H,3,7H2,1-2H3. The molecule has 1 aromatic rings. The molecule has 0 spiro atoms. The summed E-state index contributed by atoms with van der Waals surface area (Å²) in [6.45, 7) is 4.98. The Kier molecular flexibility index (Phi) is 5.37. The Hall–Kier alpha value is -1.14. The summed E-state index contributed by atoms with van der Waals surface area (Å²) in [4.78, 5) is 10.5. The molecule has 5 nitrogen and oxygen atoms in total. The van der Waals surface area contributed by atoms with Gasteiger partial charge in [0.2, 0.25) is 0 Å². The lowest BCUT2D eigenvalue weighted by Gasteiger charge is -2.15. The van der Waals surface area contributed by atoms with Gasteiger partial charge in [-0.2, -0.15) is 0 Å². The van der Waals surface area contributed by atoms with Gasteiger partial charge >= 0.3 is 0 Å². The predicted molar refractivity (Wildman–Crippen MR) is 70.4 cm³/mol. The first-order valence-corrected chi connectivity index (χ1v) is 6.12. The summed E-state index contributed by atoms with van der Waals surface area (Å²) in [5, 5.41) is 13.9. The summed E-state index contributed by atoms with van der Waals surface area (Å²) >= 11 is 3.22. The van der Waals surface area contributed by atoms with Crippen LogP contribution >= 0.6 is 15.9 Å². The van der Waals surface area contributed by atoms with Crippen molar-refractivity contribution in [1.82, 2.24) is 0 Å². The van der Waals surface area contributed by atoms with Crippen molar-refractivity contribution in [3.05, 3.63) is 32.8 Å². The molecule has 0 fully saturated rings. The average Bonchev–Trinajstić information content (AvgIpc) is 2.28. The fraction of sp³-hybridized carbons (Fsp3) is 0.455. The number of hydrogen-bond acceptors (Lipinski definition) is 4. The molecule has 0 aromatic heterocycles. The number of nitrogens with one attached hydrogen (secondary N) is 1. The molecule has 1 N–H and O–H groups in total. The predicted octanol–water partition coefficient (Wildman–Crippen LogP) is 3.19. The first-order valence-electron chi connectivity index (χ1n) is 5.32. The molecule has 6 heteroatoms. The van der Waals surface area contributed by atoms with Crippen LogP contribution in [0.3, 0.4) is 0 Å². The van der Waals surface area contributed by atoms with Gasteiger partial charge in [-0.05, 0) is 26.0 Å². The molecule has 17 heavy (non-hydrogen) atoms. The van der Waals surface area contributed by atoms with E-state index in [1.54, 1.807) is 12.1 Å². The van der Waals surface area contributed by atoms with E-state index in [2.05, 4.69) is 21.2 Å². The number of anilines is 1. The average molecular weight is 303 g/mol. The first kappa shape index (κ1) is 13.9. The Labute approximate surface area is 108 Å². The number of nitro benzene ring substituents is 1. The molecule has 0 aliphatic carbocycles. The van der Waals surface area contributed by atoms with E-state index in [9.17, 15) is 10.1 Å². The zero-order chi connectivity index (χ0) is 12.8. The van der Waals surface area contributed by atoms with Gasteiger partial charge in [-0.1, -0.05) is 15.9 Å². The fourth-order valence-corrected chi connectivity index (χ4v) is 1.73. The maximum Gasteiger partial charge on any atom is 0.293 e. The van der Waals surface area contributed by atoms with Crippen LogP contribution in [-0.2, 0) is 4.74 Å². The number of benzene rings is 1. The Morgan fingerprint density at radius 2 is 2.29 bits per heavy atom. The van der Waals surface area contributed by atoms with Crippen LogP contribution < -0.4 is 5.32 Å². The molecule has 0 saturated carbocycles. The van der Waals surface area contributed by atoms with E-state index in [-0.39, 0.29) is 11.7 Å². The van der Waals surface area contributed by atoms with Gasteiger partial charge in [0.25, 0.3) is 5.69 Å². The molecule has 0 bridgehead atoms. The highest BCUT2D eigenvalue weighted by atomic mass is 79.9. The van der Waals surface area contributed by atoms with Gasteiger partial charge in [-0.3, -0.25) is 10.1 Å². The Bertz CT molecular complexity index is 398. The minimum atomic E-state index is -0.402. The molecule has 0 heterocycles. The Morgan fingerprint density at radius 1 is 1.59 bits per heavy atom. The highest BCUT2D eigenvalue weighted by Gasteiger charge is 2.15. The van der Waals surface area contributed by atoms with Gasteiger partial charge in [-0.25, -0.2) is 0 Å². The van der Waals surface area contributed by atoms with Crippen molar-refractivity contribution in [2.75, 3.05) is 18.5 Å². The van der Waals surface area contributed by atoms with Crippen molar-refractivity contribution in [2.24, 2.45) is 0 Å². The monoisotopic (exact) mass is 302 g/mol. The number of hydrogen-bond donors (Lipinski definition) is 1. The van der Waals surface area contributed by atoms with E-state index in [0.717, 1.165) is 0 Å². The molecule has 1 atom stereocenters. The summed E-state index contributed by atoms with van der Waals surface area (Å²) in [6, 6.07) is 4.96. The quantitative estimate of drug-likeness (QED) is 0.647. The highest BCUT2D eigenvalue weighted by Crippen LogP contribution is 2.28. The van der Waals surface area contributed by atoms with Gasteiger partial charge in [-0.15, -0.1) is 0 Å². The zero-order valence-corrected chi connectivity index (χ0v) is 11.4. The second-order valence-corrected chi connectivity index (χ2v) is 4.54. The summed E-state index contributed by atoms with van der Waals surface area (Å²) in [5.41, 5.74) is 0.563. The number of nitrogens with zero attached hydrogens (tertiary/aromatic N) is 1. The normalized spacial score (nSPS) is 12.2. The first-order chi connectivity index (χ1) is 8.04. The molecule has 0 radical (unpaired) electrons. The molecule has 0 saturated heterocycles. The third-order valence-electron chi connectivity index (χ3n) is 2.13. The lowest BCUT2D eigenvalue weighted by molar-refractivity contribution is -0.384. The zero-order valence-electron chi connectivity index (χ0n) is 9.77. The molecule has 0 aliphatic heterocycles. The molecular formula is C11H15BrN2O3. The number of rotatable bonds is 6. The third kappa shape index (κ3) is 4.32. The van der Waals surface area contributed by atoms with Gasteiger partial charge < -0.3 is 10.1 Å². The fourth-order valence-electron chi connectivity index (χ4n) is 1.38. The third-order valence-corrected chi connectivity index (χ3v) is 2.62. The van der Waals surface area contributed by atoms with E-state index < -0.39 is 4.92 Å². The van der Waals surface area contributed by atoms with Crippen LogP contribution in [0.15, 0.2) is 22.7 Å². The second-order valence-electron chi connectivity index (χ2n) is 3.62. The van der Waals surface area contributed by atoms with Crippen molar-refractivity contribution >= 4 is 27.3 Å². The minimum Gasteiger partial charge on any atom is -0.380 e. The van der Waals surface area contributed by atoms with Crippen molar-refractivity contribution in [2.45, 2.75) is 19.9 Å². The van der Waals surface area contributed by atoms with Crippen LogP contribution in [0.4, 0.5) is 11.4 Å². The highest BCUT2D eigenvalue weighted by molar-refractivity contribution is 9.10. The van der Waals surface area contributed by atoms with Crippen molar-refractivity contribution < 1.29 is 9.66 Å². The lowest BCUT2D eigenvalue weighted by atomic mass is 10.2. The number of halogens is 1. The molecular weight excluding hydrogens is 288 g/mol. The molecule has 0 aliphatic rings. The van der Waals surface area contributed by atoms with Crippen LogP contribution in [0, 0.1) is 10.1 Å². The van der Waals surface area contributed by atoms with E-state index in [1.807, 2.05) is 13.8 Å². The Morgan fingerprint density at radius 3 is 2.88 bits per heavy atom. The van der Waals surface area contributed by atoms with Crippen LogP contribution in [-0.4, -0.2) is 24.2 Å². The van der Waals surface area contributed by atoms with Gasteiger partial charge in [0.15, 0.2) is 0 Å². The maximum absolute atomic E-state index is 10.9. The van der Waals surface area contributed by atoms with Crippen LogP contribution in [0.5, 0.6) is 0 Å². The van der Waals surface area contributed by atoms with E-state index in [1.165, 1.54) is 6.07 Å². The largest absolute Gasteiger partial charge is 0.380 e. The molecule has 1 unspecified atom stereocenters. The van der Waals surface area contributed by atoms with Crippen molar-refractivity contribution in [3.8, 4) is 0 Å². The molecule has 1 rings (SSSR count). The van der Waals surface area contributed by atoms with E-state index >= 15 is 0 Å². The van der Waals surface area contributed by atoms with Gasteiger partial charge in [0, 0.05) is 23.2 Å². The SMILES string of the molecule is CCOCC(C)Nc1ccc(Br)cc1[N+](=O)[O-]. The molecule has 0 amide bonds. The smallest absolute Gasteiger partial charge is 0.293 e. The Balaban J connectivity index is 2.79. The minimum absolute atomic E-state index is 0.0230. The number of nitro groups is 1. The molecule has 1 aromatic carbocycles. The lowest BCUT2D eigenvalue weighted by Crippen LogP contribution is -2.22. The van der Waals surface area contributed by atoms with Gasteiger partial charge in [0.05, 0.1) is 11.5 Å². The number of ether oxygens (including phenoxy) is 1. The van der Waals surface area contributed by atoms with Crippen LogP contribution in [0.2, 0.25) is 0 Å².